The molecule has 0 unspecified atom stereocenters. The van der Waals surface area contributed by atoms with Gasteiger partial charge in [0.1, 0.15) is 0 Å². The van der Waals surface area contributed by atoms with Gasteiger partial charge in [0.05, 0.1) is 25.6 Å². The summed E-state index contributed by atoms with van der Waals surface area (Å²) < 4.78 is 60.4. The lowest BCUT2D eigenvalue weighted by atomic mass is 10.2. The van der Waals surface area contributed by atoms with Gasteiger partial charge in [0.2, 0.25) is 19.7 Å². The number of ether oxygens (including phenoxy) is 2. The molecule has 0 saturated carbocycles. The molecule has 0 saturated heterocycles. The Kier molecular flexibility index (Phi) is 9.08. The second-order valence-corrected chi connectivity index (χ2v) is 11.3. The molecule has 0 heterocycles. The highest BCUT2D eigenvalue weighted by Crippen LogP contribution is 2.13. The van der Waals surface area contributed by atoms with E-state index in [0.29, 0.717) is 11.4 Å². The maximum atomic E-state index is 12.9. The Balaban J connectivity index is 2.40. The first-order chi connectivity index (χ1) is 16.4. The van der Waals surface area contributed by atoms with E-state index in [1.807, 2.05) is 13.8 Å². The van der Waals surface area contributed by atoms with Crippen LogP contribution in [0.2, 0.25) is 0 Å². The summed E-state index contributed by atoms with van der Waals surface area (Å²) in [5.74, 6) is -2.82. The van der Waals surface area contributed by atoms with E-state index >= 15 is 0 Å². The van der Waals surface area contributed by atoms with Crippen molar-refractivity contribution in [3.05, 3.63) is 59.7 Å². The summed E-state index contributed by atoms with van der Waals surface area (Å²) in [7, 11) is -8.07. The minimum absolute atomic E-state index is 0.328. The number of aryl methyl sites for hydroxylation is 2. The van der Waals surface area contributed by atoms with Crippen molar-refractivity contribution in [1.29, 1.82) is 0 Å². The summed E-state index contributed by atoms with van der Waals surface area (Å²) in [6, 6.07) is 13.1. The summed E-state index contributed by atoms with van der Waals surface area (Å²) in [6.07, 6.45) is 0. The molecule has 14 heteroatoms. The number of nitrogens with one attached hydrogen (secondary N) is 2. The van der Waals surface area contributed by atoms with Gasteiger partial charge in [0, 0.05) is 0 Å². The van der Waals surface area contributed by atoms with E-state index in [1.54, 1.807) is 48.5 Å². The van der Waals surface area contributed by atoms with Crippen LogP contribution in [0.1, 0.15) is 11.1 Å². The zero-order chi connectivity index (χ0) is 26.2. The molecule has 188 valence electrons. The van der Waals surface area contributed by atoms with Gasteiger partial charge in [-0.05, 0) is 38.1 Å². The Morgan fingerprint density at radius 3 is 1.29 bits per heavy atom. The van der Waals surface area contributed by atoms with Crippen molar-refractivity contribution in [1.82, 2.24) is 0 Å². The van der Waals surface area contributed by atoms with Crippen molar-refractivity contribution >= 4 is 53.1 Å². The van der Waals surface area contributed by atoms with Crippen LogP contribution in [-0.2, 0) is 38.7 Å². The Morgan fingerprint density at radius 2 is 1.00 bits per heavy atom. The van der Waals surface area contributed by atoms with Crippen molar-refractivity contribution < 1.29 is 35.9 Å². The minimum Gasteiger partial charge on any atom is -0.464 e. The molecule has 35 heavy (non-hydrogen) atoms. The number of hydrogen-bond donors (Lipinski definition) is 2. The Labute approximate surface area is 202 Å². The largest absolute Gasteiger partial charge is 0.464 e. The van der Waals surface area contributed by atoms with E-state index in [0.717, 1.165) is 25.3 Å². The number of sulfone groups is 2. The summed E-state index contributed by atoms with van der Waals surface area (Å²) in [5.41, 5.74) is 7.23. The molecular formula is C21H24N4O8S2. The summed E-state index contributed by atoms with van der Waals surface area (Å²) in [6.45, 7) is 3.66. The number of anilines is 2. The third kappa shape index (κ3) is 7.61. The van der Waals surface area contributed by atoms with Gasteiger partial charge in [-0.3, -0.25) is 10.9 Å². The Morgan fingerprint density at radius 1 is 0.686 bits per heavy atom. The quantitative estimate of drug-likeness (QED) is 0.245. The highest BCUT2D eigenvalue weighted by molar-refractivity contribution is 8.23. The number of methoxy groups -OCH3 is 2. The van der Waals surface area contributed by atoms with E-state index < -0.39 is 46.8 Å². The van der Waals surface area contributed by atoms with Crippen molar-refractivity contribution in [3.63, 3.8) is 0 Å². The van der Waals surface area contributed by atoms with Crippen molar-refractivity contribution in [3.8, 4) is 0 Å². The van der Waals surface area contributed by atoms with Crippen LogP contribution in [0, 0.1) is 13.8 Å². The first-order valence-corrected chi connectivity index (χ1v) is 13.1. The molecule has 0 bridgehead atoms. The lowest BCUT2D eigenvalue weighted by molar-refractivity contribution is -0.133. The van der Waals surface area contributed by atoms with E-state index in [4.69, 9.17) is 0 Å². The zero-order valence-corrected chi connectivity index (χ0v) is 20.9. The monoisotopic (exact) mass is 524 g/mol. The second kappa shape index (κ2) is 11.6. The van der Waals surface area contributed by atoms with Gasteiger partial charge in [0.15, 0.2) is 5.08 Å². The van der Waals surface area contributed by atoms with Gasteiger partial charge < -0.3 is 9.47 Å². The molecule has 0 aliphatic carbocycles. The van der Waals surface area contributed by atoms with Gasteiger partial charge in [0.25, 0.3) is 10.1 Å². The van der Waals surface area contributed by atoms with Crippen LogP contribution >= 0.6 is 0 Å². The molecule has 0 amide bonds. The van der Waals surface area contributed by atoms with Gasteiger partial charge in [-0.2, -0.15) is 10.2 Å². The Bertz CT molecular complexity index is 1240. The molecule has 0 radical (unpaired) electrons. The van der Waals surface area contributed by atoms with E-state index in [-0.39, 0.29) is 0 Å². The molecule has 0 spiro atoms. The number of carbonyl (C=O) groups excluding carboxylic acids is 2. The van der Waals surface area contributed by atoms with E-state index in [2.05, 4.69) is 30.5 Å². The smallest absolute Gasteiger partial charge is 0.370 e. The van der Waals surface area contributed by atoms with Crippen LogP contribution in [0.3, 0.4) is 0 Å². The lowest BCUT2D eigenvalue weighted by Gasteiger charge is -2.10. The number of carbonyl (C=O) groups is 2. The molecule has 0 atom stereocenters. The zero-order valence-electron chi connectivity index (χ0n) is 19.3. The van der Waals surface area contributed by atoms with Crippen LogP contribution in [-0.4, -0.2) is 58.2 Å². The van der Waals surface area contributed by atoms with Crippen molar-refractivity contribution in [2.75, 3.05) is 30.2 Å². The molecule has 2 aromatic carbocycles. The van der Waals surface area contributed by atoms with Crippen LogP contribution in [0.25, 0.3) is 0 Å². The molecule has 0 aliphatic rings. The second-order valence-electron chi connectivity index (χ2n) is 7.12. The van der Waals surface area contributed by atoms with Crippen LogP contribution < -0.4 is 10.9 Å². The third-order valence-corrected chi connectivity index (χ3v) is 8.47. The van der Waals surface area contributed by atoms with Gasteiger partial charge >= 0.3 is 11.9 Å². The number of hydrazone groups is 2. The predicted molar refractivity (Wildman–Crippen MR) is 131 cm³/mol. The molecule has 0 aliphatic heterocycles. The fraction of sp³-hybridized carbons (Fsp3) is 0.238. The molecule has 2 N–H and O–H groups in total. The first kappa shape index (κ1) is 27.5. The average Bonchev–Trinajstić information content (AvgIpc) is 2.80. The summed E-state index contributed by atoms with van der Waals surface area (Å²) in [4.78, 5) is 24.2. The number of rotatable bonds is 6. The fourth-order valence-corrected chi connectivity index (χ4v) is 6.03. The molecule has 0 fully saturated rings. The van der Waals surface area contributed by atoms with Crippen LogP contribution in [0.4, 0.5) is 11.4 Å². The molecule has 2 rings (SSSR count). The molecule has 12 nitrogen and oxygen atoms in total. The predicted octanol–water partition coefficient (Wildman–Crippen LogP) is 1.59. The molecular weight excluding hydrogens is 500 g/mol. The van der Waals surface area contributed by atoms with Gasteiger partial charge in [-0.1, -0.05) is 35.4 Å². The number of benzene rings is 2. The number of nitrogens with zero attached hydrogens (tertiary/aromatic N) is 2. The lowest BCUT2D eigenvalue weighted by Crippen LogP contribution is -2.36. The van der Waals surface area contributed by atoms with E-state index in [1.165, 1.54) is 0 Å². The summed E-state index contributed by atoms with van der Waals surface area (Å²) >= 11 is 0. The highest BCUT2D eigenvalue weighted by atomic mass is 32.3. The minimum atomic E-state index is -4.94. The van der Waals surface area contributed by atoms with Gasteiger partial charge in [-0.15, -0.1) is 0 Å². The van der Waals surface area contributed by atoms with Crippen LogP contribution in [0.5, 0.6) is 0 Å². The number of esters is 2. The van der Waals surface area contributed by atoms with Crippen molar-refractivity contribution in [2.24, 2.45) is 10.2 Å². The third-order valence-electron chi connectivity index (χ3n) is 4.30. The molecule has 2 aromatic rings. The number of hydrogen-bond acceptors (Lipinski definition) is 12. The van der Waals surface area contributed by atoms with Crippen LogP contribution in [0.15, 0.2) is 58.7 Å². The first-order valence-electron chi connectivity index (χ1n) is 9.82. The van der Waals surface area contributed by atoms with Crippen molar-refractivity contribution in [2.45, 2.75) is 13.8 Å². The SMILES string of the molecule is COC(=O)/C(=N/Nc1ccc(C)cc1)S(=O)(=O)CS(=O)(=O)/C(=N\Nc1ccc(C)cc1)C(=O)OC. The van der Waals surface area contributed by atoms with E-state index in [9.17, 15) is 26.4 Å². The highest BCUT2D eigenvalue weighted by Gasteiger charge is 2.39. The topological polar surface area (TPSA) is 170 Å². The Hall–Kier alpha value is -3.78. The summed E-state index contributed by atoms with van der Waals surface area (Å²) in [5, 5.41) is 2.97. The molecule has 0 aromatic heterocycles. The normalized spacial score (nSPS) is 12.6. The fourth-order valence-electron chi connectivity index (χ4n) is 2.46. The maximum absolute atomic E-state index is 12.9. The average molecular weight is 525 g/mol. The maximum Gasteiger partial charge on any atom is 0.370 e. The van der Waals surface area contributed by atoms with Gasteiger partial charge in [-0.25, -0.2) is 26.4 Å². The standard InChI is InChI=1S/C21H24N4O8S2/c1-14-5-9-16(10-6-14)22-24-18(20(26)32-3)34(28,29)13-35(30,31)19(21(27)33-4)25-23-17-11-7-15(2)8-12-17/h5-12,22-23H,13H2,1-4H3/b24-18-,25-19-.